The van der Waals surface area contributed by atoms with Crippen LogP contribution in [0.1, 0.15) is 12.8 Å². The molecular formula is C5H8F3N. The summed E-state index contributed by atoms with van der Waals surface area (Å²) in [5.41, 5.74) is 0. The van der Waals surface area contributed by atoms with Crippen LogP contribution in [-0.4, -0.2) is 24.3 Å². The molecule has 1 fully saturated rings. The normalized spacial score (nSPS) is 30.0. The van der Waals surface area contributed by atoms with Gasteiger partial charge < -0.3 is 0 Å². The summed E-state index contributed by atoms with van der Waals surface area (Å²) in [6.07, 6.45) is -0.611. The second-order valence-corrected chi connectivity index (χ2v) is 2.09. The van der Waals surface area contributed by atoms with Gasteiger partial charge in [-0.2, -0.15) is 8.78 Å². The van der Waals surface area contributed by atoms with E-state index in [0.29, 0.717) is 11.3 Å². The molecule has 0 radical (unpaired) electrons. The lowest BCUT2D eigenvalue weighted by Gasteiger charge is -2.15. The minimum atomic E-state index is -2.62. The summed E-state index contributed by atoms with van der Waals surface area (Å²) in [5.74, 6) is 0. The Hall–Kier alpha value is -0.250. The van der Waals surface area contributed by atoms with Gasteiger partial charge >= 0.3 is 0 Å². The van der Waals surface area contributed by atoms with Gasteiger partial charge in [0.2, 0.25) is 0 Å². The average Bonchev–Trinajstić information content (AvgIpc) is 2.13. The molecule has 1 unspecified atom stereocenters. The Balaban J connectivity index is 2.40. The fourth-order valence-corrected chi connectivity index (χ4v) is 0.968. The van der Waals surface area contributed by atoms with Crippen LogP contribution >= 0.6 is 0 Å². The summed E-state index contributed by atoms with van der Waals surface area (Å²) in [7, 11) is 0. The van der Waals surface area contributed by atoms with Crippen molar-refractivity contribution in [3.8, 4) is 0 Å². The molecule has 0 aromatic rings. The first-order valence-corrected chi connectivity index (χ1v) is 2.90. The zero-order chi connectivity index (χ0) is 6.85. The highest BCUT2D eigenvalue weighted by molar-refractivity contribution is 4.69. The summed E-state index contributed by atoms with van der Waals surface area (Å²) in [5, 5.41) is 0. The molecule has 1 heterocycles. The van der Waals surface area contributed by atoms with Gasteiger partial charge in [0.25, 0.3) is 6.55 Å². The smallest absolute Gasteiger partial charge is 0.230 e. The molecular weight excluding hydrogens is 131 g/mol. The summed E-state index contributed by atoms with van der Waals surface area (Å²) in [4.78, 5) is 0.569. The van der Waals surface area contributed by atoms with Crippen LogP contribution in [0.15, 0.2) is 0 Å². The molecule has 54 valence electrons. The van der Waals surface area contributed by atoms with Crippen molar-refractivity contribution in [1.29, 1.82) is 0 Å². The third-order valence-electron chi connectivity index (χ3n) is 1.47. The van der Waals surface area contributed by atoms with Gasteiger partial charge in [0.15, 0.2) is 6.30 Å². The number of rotatable bonds is 1. The third-order valence-corrected chi connectivity index (χ3v) is 1.47. The molecule has 1 nitrogen and oxygen atoms in total. The van der Waals surface area contributed by atoms with Crippen LogP contribution < -0.4 is 0 Å². The van der Waals surface area contributed by atoms with Crippen molar-refractivity contribution in [2.45, 2.75) is 25.7 Å². The molecule has 0 spiro atoms. The van der Waals surface area contributed by atoms with Crippen molar-refractivity contribution in [3.05, 3.63) is 0 Å². The van der Waals surface area contributed by atoms with E-state index in [-0.39, 0.29) is 13.0 Å². The molecule has 0 bridgehead atoms. The molecule has 1 rings (SSSR count). The molecule has 0 amide bonds. The van der Waals surface area contributed by atoms with Crippen LogP contribution in [0.4, 0.5) is 13.2 Å². The van der Waals surface area contributed by atoms with Crippen LogP contribution in [0, 0.1) is 0 Å². The zero-order valence-corrected chi connectivity index (χ0v) is 4.86. The molecule has 0 aromatic heterocycles. The Kier molecular flexibility index (Phi) is 1.95. The standard InChI is InChI=1S/C5H8F3N/c6-4-2-1-3-9(4)5(7)8/h4-5H,1-3H2. The lowest BCUT2D eigenvalue weighted by molar-refractivity contribution is -0.0679. The van der Waals surface area contributed by atoms with Gasteiger partial charge in [0.1, 0.15) is 0 Å². The van der Waals surface area contributed by atoms with Crippen LogP contribution in [-0.2, 0) is 0 Å². The lowest BCUT2D eigenvalue weighted by atomic mass is 10.4. The van der Waals surface area contributed by atoms with E-state index in [1.54, 1.807) is 0 Å². The Morgan fingerprint density at radius 2 is 2.11 bits per heavy atom. The zero-order valence-electron chi connectivity index (χ0n) is 4.86. The maximum absolute atomic E-state index is 12.3. The van der Waals surface area contributed by atoms with Gasteiger partial charge in [-0.1, -0.05) is 0 Å². The van der Waals surface area contributed by atoms with Crippen molar-refractivity contribution in [3.63, 3.8) is 0 Å². The van der Waals surface area contributed by atoms with Crippen LogP contribution in [0.2, 0.25) is 0 Å². The SMILES string of the molecule is FC(F)N1CCCC1F. The molecule has 1 atom stereocenters. The first-order chi connectivity index (χ1) is 4.22. The summed E-state index contributed by atoms with van der Waals surface area (Å²) < 4.78 is 35.6. The van der Waals surface area contributed by atoms with E-state index in [0.717, 1.165) is 0 Å². The van der Waals surface area contributed by atoms with E-state index in [1.165, 1.54) is 0 Å². The second-order valence-electron chi connectivity index (χ2n) is 2.09. The first-order valence-electron chi connectivity index (χ1n) is 2.90. The monoisotopic (exact) mass is 139 g/mol. The summed E-state index contributed by atoms with van der Waals surface area (Å²) in [6.45, 7) is -2.43. The molecule has 1 aliphatic heterocycles. The van der Waals surface area contributed by atoms with E-state index in [4.69, 9.17) is 0 Å². The average molecular weight is 139 g/mol. The summed E-state index contributed by atoms with van der Waals surface area (Å²) in [6, 6.07) is 0. The minimum Gasteiger partial charge on any atom is -0.230 e. The highest BCUT2D eigenvalue weighted by Gasteiger charge is 2.29. The number of nitrogens with zero attached hydrogens (tertiary/aromatic N) is 1. The van der Waals surface area contributed by atoms with Gasteiger partial charge in [0, 0.05) is 6.54 Å². The largest absolute Gasteiger partial charge is 0.297 e. The van der Waals surface area contributed by atoms with Crippen molar-refractivity contribution in [2.24, 2.45) is 0 Å². The summed E-state index contributed by atoms with van der Waals surface area (Å²) >= 11 is 0. The molecule has 1 aliphatic rings. The number of alkyl halides is 3. The van der Waals surface area contributed by atoms with Crippen molar-refractivity contribution in [1.82, 2.24) is 4.90 Å². The first kappa shape index (κ1) is 6.86. The molecule has 9 heavy (non-hydrogen) atoms. The minimum absolute atomic E-state index is 0.193. The van der Waals surface area contributed by atoms with Gasteiger partial charge in [-0.15, -0.1) is 0 Å². The highest BCUT2D eigenvalue weighted by Crippen LogP contribution is 2.21. The lowest BCUT2D eigenvalue weighted by Crippen LogP contribution is -2.30. The molecule has 0 aromatic carbocycles. The Labute approximate surface area is 51.4 Å². The number of hydrogen-bond acceptors (Lipinski definition) is 1. The Morgan fingerprint density at radius 1 is 1.44 bits per heavy atom. The maximum atomic E-state index is 12.3. The van der Waals surface area contributed by atoms with Crippen LogP contribution in [0.25, 0.3) is 0 Å². The second kappa shape index (κ2) is 2.56. The van der Waals surface area contributed by atoms with Gasteiger partial charge in [0.05, 0.1) is 0 Å². The van der Waals surface area contributed by atoms with Crippen LogP contribution in [0.5, 0.6) is 0 Å². The fourth-order valence-electron chi connectivity index (χ4n) is 0.968. The van der Waals surface area contributed by atoms with Crippen molar-refractivity contribution in [2.75, 3.05) is 6.54 Å². The van der Waals surface area contributed by atoms with Crippen molar-refractivity contribution >= 4 is 0 Å². The quantitative estimate of drug-likeness (QED) is 0.499. The third kappa shape index (κ3) is 1.36. The maximum Gasteiger partial charge on any atom is 0.297 e. The van der Waals surface area contributed by atoms with E-state index < -0.39 is 12.8 Å². The van der Waals surface area contributed by atoms with Gasteiger partial charge in [-0.3, -0.25) is 0 Å². The van der Waals surface area contributed by atoms with Gasteiger partial charge in [-0.05, 0) is 12.8 Å². The predicted octanol–water partition coefficient (Wildman–Crippen LogP) is 1.60. The Morgan fingerprint density at radius 3 is 2.33 bits per heavy atom. The predicted molar refractivity (Wildman–Crippen MR) is 26.8 cm³/mol. The molecule has 1 saturated heterocycles. The molecule has 0 aliphatic carbocycles. The fraction of sp³-hybridized carbons (Fsp3) is 1.00. The van der Waals surface area contributed by atoms with E-state index in [2.05, 4.69) is 0 Å². The number of likely N-dealkylation sites (tertiary alicyclic amines) is 1. The van der Waals surface area contributed by atoms with E-state index in [1.807, 2.05) is 0 Å². The molecule has 4 heteroatoms. The Bertz CT molecular complexity index is 96.2. The molecule has 0 N–H and O–H groups in total. The topological polar surface area (TPSA) is 3.24 Å². The van der Waals surface area contributed by atoms with Gasteiger partial charge in [-0.25, -0.2) is 9.29 Å². The molecule has 0 saturated carbocycles. The number of halogens is 3. The van der Waals surface area contributed by atoms with E-state index in [9.17, 15) is 13.2 Å². The van der Waals surface area contributed by atoms with Crippen LogP contribution in [0.3, 0.4) is 0 Å². The highest BCUT2D eigenvalue weighted by atomic mass is 19.3. The number of hydrogen-bond donors (Lipinski definition) is 0. The van der Waals surface area contributed by atoms with E-state index >= 15 is 0 Å². The van der Waals surface area contributed by atoms with Crippen molar-refractivity contribution < 1.29 is 13.2 Å².